The Labute approximate surface area is 124 Å². The van der Waals surface area contributed by atoms with Gasteiger partial charge in [0.15, 0.2) is 9.84 Å². The topological polar surface area (TPSA) is 93.2 Å². The number of nitrogens with zero attached hydrogens (tertiary/aromatic N) is 2. The molecule has 2 aliphatic rings. The van der Waals surface area contributed by atoms with Gasteiger partial charge in [0.2, 0.25) is 5.95 Å². The van der Waals surface area contributed by atoms with Gasteiger partial charge in [-0.05, 0) is 25.3 Å². The maximum absolute atomic E-state index is 11.5. The number of aromatic nitrogens is 2. The first-order valence-corrected chi connectivity index (χ1v) is 9.07. The molecule has 0 aliphatic carbocycles. The molecule has 1 aromatic heterocycles. The summed E-state index contributed by atoms with van der Waals surface area (Å²) in [5.74, 6) is 1.61. The van der Waals surface area contributed by atoms with Crippen LogP contribution in [-0.2, 0) is 14.6 Å². The van der Waals surface area contributed by atoms with E-state index in [2.05, 4.69) is 20.6 Å². The number of sulfone groups is 1. The SMILES string of the molecule is O=S1(=O)CCC(Nc2nccc(NC3CCCOC3)n2)C1. The fraction of sp³-hybridized carbons (Fsp3) is 0.692. The Morgan fingerprint density at radius 2 is 2.14 bits per heavy atom. The standard InChI is InChI=1S/C13H20N4O3S/c18-21(19)7-4-11(9-21)16-13-14-5-3-12(17-13)15-10-2-1-6-20-8-10/h3,5,10-11H,1-2,4,6-9H2,(H2,14,15,16,17). The average molecular weight is 312 g/mol. The van der Waals surface area contributed by atoms with Crippen molar-refractivity contribution in [1.82, 2.24) is 9.97 Å². The minimum Gasteiger partial charge on any atom is -0.379 e. The molecule has 21 heavy (non-hydrogen) atoms. The number of nitrogens with one attached hydrogen (secondary N) is 2. The lowest BCUT2D eigenvalue weighted by Gasteiger charge is -2.23. The highest BCUT2D eigenvalue weighted by atomic mass is 32.2. The molecule has 116 valence electrons. The van der Waals surface area contributed by atoms with Gasteiger partial charge in [0.1, 0.15) is 5.82 Å². The van der Waals surface area contributed by atoms with Gasteiger partial charge < -0.3 is 15.4 Å². The van der Waals surface area contributed by atoms with Crippen molar-refractivity contribution in [2.75, 3.05) is 35.4 Å². The molecule has 0 aromatic carbocycles. The Morgan fingerprint density at radius 1 is 1.24 bits per heavy atom. The molecule has 0 amide bonds. The van der Waals surface area contributed by atoms with Crippen LogP contribution in [0, 0.1) is 0 Å². The number of hydrogen-bond donors (Lipinski definition) is 2. The molecule has 2 atom stereocenters. The van der Waals surface area contributed by atoms with Crippen LogP contribution in [0.4, 0.5) is 11.8 Å². The predicted molar refractivity (Wildman–Crippen MR) is 80.2 cm³/mol. The van der Waals surface area contributed by atoms with Crippen molar-refractivity contribution < 1.29 is 13.2 Å². The molecule has 3 rings (SSSR count). The first kappa shape index (κ1) is 14.5. The van der Waals surface area contributed by atoms with E-state index in [1.165, 1.54) is 0 Å². The number of rotatable bonds is 4. The maximum atomic E-state index is 11.5. The van der Waals surface area contributed by atoms with Crippen molar-refractivity contribution in [3.05, 3.63) is 12.3 Å². The third-order valence-corrected chi connectivity index (χ3v) is 5.50. The molecule has 0 spiro atoms. The summed E-state index contributed by atoms with van der Waals surface area (Å²) in [4.78, 5) is 8.55. The lowest BCUT2D eigenvalue weighted by Crippen LogP contribution is -2.30. The molecule has 1 aromatic rings. The van der Waals surface area contributed by atoms with E-state index in [-0.39, 0.29) is 23.6 Å². The summed E-state index contributed by atoms with van der Waals surface area (Å²) in [5.41, 5.74) is 0. The molecule has 8 heteroatoms. The second-order valence-corrected chi connectivity index (χ2v) is 7.80. The monoisotopic (exact) mass is 312 g/mol. The second-order valence-electron chi connectivity index (χ2n) is 5.57. The van der Waals surface area contributed by atoms with Crippen LogP contribution >= 0.6 is 0 Å². The Hall–Kier alpha value is -1.41. The molecule has 2 N–H and O–H groups in total. The van der Waals surface area contributed by atoms with Gasteiger partial charge in [-0.3, -0.25) is 0 Å². The number of anilines is 2. The zero-order valence-electron chi connectivity index (χ0n) is 11.8. The lowest BCUT2D eigenvalue weighted by atomic mass is 10.1. The van der Waals surface area contributed by atoms with Gasteiger partial charge in [0.25, 0.3) is 0 Å². The minimum absolute atomic E-state index is 0.0942. The van der Waals surface area contributed by atoms with Crippen LogP contribution in [0.3, 0.4) is 0 Å². The Bertz CT molecular complexity index is 587. The highest BCUT2D eigenvalue weighted by Crippen LogP contribution is 2.17. The largest absolute Gasteiger partial charge is 0.379 e. The molecule has 2 fully saturated rings. The average Bonchev–Trinajstić information content (AvgIpc) is 2.79. The molecule has 7 nitrogen and oxygen atoms in total. The van der Waals surface area contributed by atoms with Crippen LogP contribution in [0.15, 0.2) is 12.3 Å². The minimum atomic E-state index is -2.90. The van der Waals surface area contributed by atoms with Crippen LogP contribution in [0.5, 0.6) is 0 Å². The van der Waals surface area contributed by atoms with E-state index in [0.717, 1.165) is 25.3 Å². The molecule has 2 saturated heterocycles. The quantitative estimate of drug-likeness (QED) is 0.844. The second kappa shape index (κ2) is 6.15. The Kier molecular flexibility index (Phi) is 4.25. The van der Waals surface area contributed by atoms with Crippen LogP contribution in [0.25, 0.3) is 0 Å². The van der Waals surface area contributed by atoms with Gasteiger partial charge in [0.05, 0.1) is 24.2 Å². The van der Waals surface area contributed by atoms with Gasteiger partial charge in [-0.25, -0.2) is 13.4 Å². The van der Waals surface area contributed by atoms with Crippen molar-refractivity contribution in [3.63, 3.8) is 0 Å². The highest BCUT2D eigenvalue weighted by Gasteiger charge is 2.28. The molecule has 2 aliphatic heterocycles. The van der Waals surface area contributed by atoms with Crippen molar-refractivity contribution in [1.29, 1.82) is 0 Å². The molecular formula is C13H20N4O3S. The molecule has 0 radical (unpaired) electrons. The predicted octanol–water partition coefficient (Wildman–Crippen LogP) is 0.666. The maximum Gasteiger partial charge on any atom is 0.224 e. The summed E-state index contributed by atoms with van der Waals surface area (Å²) in [6, 6.07) is 1.99. The van der Waals surface area contributed by atoms with Crippen LogP contribution in [-0.4, -0.2) is 55.2 Å². The van der Waals surface area contributed by atoms with Crippen LogP contribution in [0.2, 0.25) is 0 Å². The summed E-state index contributed by atoms with van der Waals surface area (Å²) in [6.07, 6.45) is 4.39. The summed E-state index contributed by atoms with van der Waals surface area (Å²) in [6.45, 7) is 1.51. The number of hydrogen-bond acceptors (Lipinski definition) is 7. The van der Waals surface area contributed by atoms with E-state index in [4.69, 9.17) is 4.74 Å². The third kappa shape index (κ3) is 4.04. The smallest absolute Gasteiger partial charge is 0.224 e. The summed E-state index contributed by atoms with van der Waals surface area (Å²) in [7, 11) is -2.90. The van der Waals surface area contributed by atoms with Gasteiger partial charge >= 0.3 is 0 Å². The zero-order chi connectivity index (χ0) is 14.7. The van der Waals surface area contributed by atoms with Gasteiger partial charge in [-0.2, -0.15) is 4.98 Å². The van der Waals surface area contributed by atoms with Crippen molar-refractivity contribution in [3.8, 4) is 0 Å². The first-order chi connectivity index (χ1) is 10.1. The van der Waals surface area contributed by atoms with Crippen molar-refractivity contribution in [2.45, 2.75) is 31.3 Å². The van der Waals surface area contributed by atoms with E-state index in [9.17, 15) is 8.42 Å². The summed E-state index contributed by atoms with van der Waals surface area (Å²) >= 11 is 0. The Balaban J connectivity index is 1.60. The molecular weight excluding hydrogens is 292 g/mol. The van der Waals surface area contributed by atoms with E-state index >= 15 is 0 Å². The lowest BCUT2D eigenvalue weighted by molar-refractivity contribution is 0.0875. The van der Waals surface area contributed by atoms with Gasteiger partial charge in [-0.15, -0.1) is 0 Å². The molecule has 2 unspecified atom stereocenters. The fourth-order valence-electron chi connectivity index (χ4n) is 2.66. The van der Waals surface area contributed by atoms with Crippen molar-refractivity contribution >= 4 is 21.6 Å². The van der Waals surface area contributed by atoms with Crippen LogP contribution in [0.1, 0.15) is 19.3 Å². The van der Waals surface area contributed by atoms with E-state index < -0.39 is 9.84 Å². The van der Waals surface area contributed by atoms with Gasteiger partial charge in [-0.1, -0.05) is 0 Å². The summed E-state index contributed by atoms with van der Waals surface area (Å²) in [5, 5.41) is 6.43. The zero-order valence-corrected chi connectivity index (χ0v) is 12.6. The van der Waals surface area contributed by atoms with Gasteiger partial charge in [0, 0.05) is 18.8 Å². The Morgan fingerprint density at radius 3 is 2.86 bits per heavy atom. The fourth-order valence-corrected chi connectivity index (χ4v) is 4.34. The van der Waals surface area contributed by atoms with E-state index in [1.54, 1.807) is 6.20 Å². The normalized spacial score (nSPS) is 28.2. The summed E-state index contributed by atoms with van der Waals surface area (Å²) < 4.78 is 28.3. The van der Waals surface area contributed by atoms with Crippen molar-refractivity contribution in [2.24, 2.45) is 0 Å². The van der Waals surface area contributed by atoms with Crippen LogP contribution < -0.4 is 10.6 Å². The molecule has 3 heterocycles. The van der Waals surface area contributed by atoms with E-state index in [1.807, 2.05) is 6.07 Å². The molecule has 0 saturated carbocycles. The number of ether oxygens (including phenoxy) is 1. The third-order valence-electron chi connectivity index (χ3n) is 3.73. The van der Waals surface area contributed by atoms with E-state index in [0.29, 0.717) is 19.0 Å². The highest BCUT2D eigenvalue weighted by molar-refractivity contribution is 7.91. The first-order valence-electron chi connectivity index (χ1n) is 7.25. The molecule has 0 bridgehead atoms.